The molecule has 5 N–H and O–H groups in total. The molecule has 3 rings (SSSR count). The summed E-state index contributed by atoms with van der Waals surface area (Å²) in [5.74, 6) is 1.01. The van der Waals surface area contributed by atoms with Gasteiger partial charge in [-0.15, -0.1) is 0 Å². The van der Waals surface area contributed by atoms with Crippen molar-refractivity contribution in [2.45, 2.75) is 19.9 Å². The molecule has 0 unspecified atom stereocenters. The second-order valence-electron chi connectivity index (χ2n) is 5.23. The molecule has 2 heterocycles. The second kappa shape index (κ2) is 5.44. The van der Waals surface area contributed by atoms with Gasteiger partial charge < -0.3 is 16.8 Å². The van der Waals surface area contributed by atoms with E-state index in [9.17, 15) is 0 Å². The van der Waals surface area contributed by atoms with Crippen molar-refractivity contribution in [1.82, 2.24) is 19.9 Å². The van der Waals surface area contributed by atoms with Crippen molar-refractivity contribution < 1.29 is 0 Å². The molecule has 0 saturated carbocycles. The van der Waals surface area contributed by atoms with Gasteiger partial charge in [0.15, 0.2) is 22.8 Å². The third kappa shape index (κ3) is 2.60. The normalized spacial score (nSPS) is 11.0. The third-order valence-corrected chi connectivity index (χ3v) is 3.05. The van der Waals surface area contributed by atoms with Gasteiger partial charge in [0.1, 0.15) is 5.69 Å². The Bertz CT molecular complexity index is 815. The van der Waals surface area contributed by atoms with Crippen LogP contribution in [0.3, 0.4) is 0 Å². The minimum Gasteiger partial charge on any atom is -0.382 e. The number of aromatic nitrogens is 4. The lowest BCUT2D eigenvalue weighted by Gasteiger charge is -2.12. The van der Waals surface area contributed by atoms with E-state index in [1.165, 1.54) is 0 Å². The van der Waals surface area contributed by atoms with Gasteiger partial charge in [0.05, 0.1) is 0 Å². The minimum atomic E-state index is 0.136. The summed E-state index contributed by atoms with van der Waals surface area (Å²) in [6, 6.07) is 9.82. The Kier molecular flexibility index (Phi) is 3.46. The van der Waals surface area contributed by atoms with Crippen LogP contribution in [0, 0.1) is 0 Å². The first kappa shape index (κ1) is 14.0. The molecule has 3 aromatic rings. The predicted molar refractivity (Wildman–Crippen MR) is 88.1 cm³/mol. The number of nitrogens with zero attached hydrogens (tertiary/aromatic N) is 4. The molecule has 0 bridgehead atoms. The third-order valence-electron chi connectivity index (χ3n) is 3.05. The Morgan fingerprint density at radius 3 is 2.36 bits per heavy atom. The minimum absolute atomic E-state index is 0.136. The average Bonchev–Trinajstić information content (AvgIpc) is 2.46. The first-order valence-corrected chi connectivity index (χ1v) is 6.97. The maximum Gasteiger partial charge on any atom is 0.224 e. The van der Waals surface area contributed by atoms with Crippen LogP contribution in [0.25, 0.3) is 22.4 Å². The Hall–Kier alpha value is -2.96. The van der Waals surface area contributed by atoms with Crippen molar-refractivity contribution in [3.05, 3.63) is 30.3 Å². The molecule has 0 spiro atoms. The van der Waals surface area contributed by atoms with E-state index in [0.29, 0.717) is 28.5 Å². The lowest BCUT2D eigenvalue weighted by molar-refractivity contribution is 0.889. The Labute approximate surface area is 127 Å². The van der Waals surface area contributed by atoms with Crippen LogP contribution in [0.2, 0.25) is 0 Å². The molecule has 22 heavy (non-hydrogen) atoms. The van der Waals surface area contributed by atoms with E-state index in [4.69, 9.17) is 11.5 Å². The van der Waals surface area contributed by atoms with Gasteiger partial charge in [-0.05, 0) is 13.8 Å². The fourth-order valence-electron chi connectivity index (χ4n) is 2.16. The van der Waals surface area contributed by atoms with Crippen molar-refractivity contribution in [3.8, 4) is 11.3 Å². The summed E-state index contributed by atoms with van der Waals surface area (Å²) in [6.07, 6.45) is 0. The number of nitrogens with two attached hydrogens (primary N) is 2. The first-order valence-electron chi connectivity index (χ1n) is 6.97. The largest absolute Gasteiger partial charge is 0.382 e. The van der Waals surface area contributed by atoms with Crippen molar-refractivity contribution in [2.24, 2.45) is 0 Å². The summed E-state index contributed by atoms with van der Waals surface area (Å²) in [5, 5.41) is 3.21. The highest BCUT2D eigenvalue weighted by Gasteiger charge is 2.14. The summed E-state index contributed by atoms with van der Waals surface area (Å²) in [7, 11) is 0. The number of anilines is 3. The topological polar surface area (TPSA) is 116 Å². The molecular formula is C15H17N7. The van der Waals surface area contributed by atoms with Gasteiger partial charge in [-0.3, -0.25) is 0 Å². The van der Waals surface area contributed by atoms with Crippen molar-refractivity contribution >= 4 is 28.7 Å². The van der Waals surface area contributed by atoms with Crippen LogP contribution >= 0.6 is 0 Å². The fourth-order valence-corrected chi connectivity index (χ4v) is 2.16. The van der Waals surface area contributed by atoms with E-state index < -0.39 is 0 Å². The molecule has 0 amide bonds. The summed E-state index contributed by atoms with van der Waals surface area (Å²) < 4.78 is 0. The highest BCUT2D eigenvalue weighted by molar-refractivity contribution is 5.88. The molecule has 2 aromatic heterocycles. The molecule has 0 saturated heterocycles. The van der Waals surface area contributed by atoms with Gasteiger partial charge in [0.25, 0.3) is 0 Å². The predicted octanol–water partition coefficient (Wildman–Crippen LogP) is 2.07. The number of nitrogen functional groups attached to an aromatic ring is 2. The van der Waals surface area contributed by atoms with E-state index in [0.717, 1.165) is 5.56 Å². The Morgan fingerprint density at radius 1 is 0.955 bits per heavy atom. The molecule has 1 aromatic carbocycles. The van der Waals surface area contributed by atoms with Crippen LogP contribution in [0.5, 0.6) is 0 Å². The van der Waals surface area contributed by atoms with E-state index >= 15 is 0 Å². The zero-order valence-electron chi connectivity index (χ0n) is 12.4. The van der Waals surface area contributed by atoms with Crippen LogP contribution in [0.4, 0.5) is 17.6 Å². The van der Waals surface area contributed by atoms with Crippen LogP contribution in [0.1, 0.15) is 13.8 Å². The van der Waals surface area contributed by atoms with Crippen LogP contribution in [-0.4, -0.2) is 26.0 Å². The molecular weight excluding hydrogens is 278 g/mol. The molecule has 0 atom stereocenters. The van der Waals surface area contributed by atoms with Crippen molar-refractivity contribution in [2.75, 3.05) is 16.8 Å². The van der Waals surface area contributed by atoms with E-state index in [1.807, 2.05) is 44.2 Å². The zero-order valence-corrected chi connectivity index (χ0v) is 12.4. The first-order chi connectivity index (χ1) is 10.5. The summed E-state index contributed by atoms with van der Waals surface area (Å²) in [5.41, 5.74) is 14.2. The average molecular weight is 295 g/mol. The van der Waals surface area contributed by atoms with Crippen molar-refractivity contribution in [1.29, 1.82) is 0 Å². The van der Waals surface area contributed by atoms with E-state index in [-0.39, 0.29) is 12.0 Å². The maximum atomic E-state index is 6.02. The number of rotatable bonds is 3. The van der Waals surface area contributed by atoms with Gasteiger partial charge >= 0.3 is 0 Å². The second-order valence-corrected chi connectivity index (χ2v) is 5.23. The quantitative estimate of drug-likeness (QED) is 0.677. The number of hydrogen-bond donors (Lipinski definition) is 3. The van der Waals surface area contributed by atoms with E-state index in [1.54, 1.807) is 0 Å². The molecule has 0 radical (unpaired) electrons. The Morgan fingerprint density at radius 2 is 1.68 bits per heavy atom. The molecule has 0 aliphatic rings. The van der Waals surface area contributed by atoms with Gasteiger partial charge in [-0.1, -0.05) is 30.3 Å². The Balaban J connectivity index is 2.25. The molecule has 112 valence electrons. The van der Waals surface area contributed by atoms with Gasteiger partial charge in [-0.25, -0.2) is 9.97 Å². The monoisotopic (exact) mass is 295 g/mol. The maximum absolute atomic E-state index is 6.02. The summed E-state index contributed by atoms with van der Waals surface area (Å²) in [6.45, 7) is 4.01. The fraction of sp³-hybridized carbons (Fsp3) is 0.200. The number of benzene rings is 1. The van der Waals surface area contributed by atoms with Gasteiger partial charge in [0, 0.05) is 11.6 Å². The molecule has 7 nitrogen and oxygen atoms in total. The van der Waals surface area contributed by atoms with Crippen molar-refractivity contribution in [3.63, 3.8) is 0 Å². The zero-order chi connectivity index (χ0) is 15.7. The number of hydrogen-bond acceptors (Lipinski definition) is 7. The lowest BCUT2D eigenvalue weighted by atomic mass is 10.1. The standard InChI is InChI=1S/C15H17N7/c1-8(2)18-13-11-14(22-15(17)21-13)20-12(16)10(19-11)9-6-4-3-5-7-9/h3-8H,1-2H3,(H5,16,17,18,20,21,22). The SMILES string of the molecule is CC(C)Nc1nc(N)nc2nc(N)c(-c3ccccc3)nc12. The van der Waals surface area contributed by atoms with Gasteiger partial charge in [-0.2, -0.15) is 9.97 Å². The molecule has 7 heteroatoms. The smallest absolute Gasteiger partial charge is 0.224 e. The number of fused-ring (bicyclic) bond motifs is 1. The van der Waals surface area contributed by atoms with Crippen LogP contribution in [-0.2, 0) is 0 Å². The number of nitrogens with one attached hydrogen (secondary N) is 1. The van der Waals surface area contributed by atoms with E-state index in [2.05, 4.69) is 25.3 Å². The lowest BCUT2D eigenvalue weighted by Crippen LogP contribution is -2.14. The van der Waals surface area contributed by atoms with Gasteiger partial charge in [0.2, 0.25) is 5.95 Å². The highest BCUT2D eigenvalue weighted by Crippen LogP contribution is 2.27. The highest BCUT2D eigenvalue weighted by atomic mass is 15.1. The van der Waals surface area contributed by atoms with Crippen LogP contribution in [0.15, 0.2) is 30.3 Å². The molecule has 0 aliphatic carbocycles. The summed E-state index contributed by atoms with van der Waals surface area (Å²) >= 11 is 0. The summed E-state index contributed by atoms with van der Waals surface area (Å²) in [4.78, 5) is 17.3. The molecule has 0 fully saturated rings. The van der Waals surface area contributed by atoms with Crippen LogP contribution < -0.4 is 16.8 Å². The molecule has 0 aliphatic heterocycles.